The molecule has 1 heterocycles. The Hall–Kier alpha value is -3.10. The SMILES string of the molecule is NC(N)=NCCC[C@@H]1NC(=O)[C@H](CC(=O)c2ccccc2N)NC1=O. The summed E-state index contributed by atoms with van der Waals surface area (Å²) in [7, 11) is 0. The summed E-state index contributed by atoms with van der Waals surface area (Å²) in [5, 5.41) is 5.22. The molecule has 0 saturated carbocycles. The van der Waals surface area contributed by atoms with Gasteiger partial charge in [0.25, 0.3) is 0 Å². The van der Waals surface area contributed by atoms with Crippen molar-refractivity contribution in [3.8, 4) is 0 Å². The van der Waals surface area contributed by atoms with E-state index >= 15 is 0 Å². The van der Waals surface area contributed by atoms with Gasteiger partial charge in [-0.1, -0.05) is 12.1 Å². The fourth-order valence-electron chi connectivity index (χ4n) is 2.57. The van der Waals surface area contributed by atoms with Crippen molar-refractivity contribution in [3.63, 3.8) is 0 Å². The number of aliphatic imine (C=N–C) groups is 1. The number of guanidine groups is 1. The van der Waals surface area contributed by atoms with E-state index in [1.54, 1.807) is 24.3 Å². The van der Waals surface area contributed by atoms with Crippen molar-refractivity contribution < 1.29 is 14.4 Å². The summed E-state index contributed by atoms with van der Waals surface area (Å²) in [6, 6.07) is 5.04. The Morgan fingerprint density at radius 2 is 1.72 bits per heavy atom. The zero-order chi connectivity index (χ0) is 18.4. The highest BCUT2D eigenvalue weighted by molar-refractivity contribution is 6.05. The number of para-hydroxylation sites is 1. The molecular weight excluding hydrogens is 324 g/mol. The summed E-state index contributed by atoms with van der Waals surface area (Å²) < 4.78 is 0. The number of carbonyl (C=O) groups is 3. The van der Waals surface area contributed by atoms with Gasteiger partial charge in [-0.3, -0.25) is 19.4 Å². The number of hydrogen-bond acceptors (Lipinski definition) is 5. The van der Waals surface area contributed by atoms with Gasteiger partial charge >= 0.3 is 0 Å². The maximum absolute atomic E-state index is 12.3. The molecule has 1 aliphatic heterocycles. The van der Waals surface area contributed by atoms with Crippen LogP contribution in [0.4, 0.5) is 5.69 Å². The highest BCUT2D eigenvalue weighted by Crippen LogP contribution is 2.15. The molecule has 8 N–H and O–H groups in total. The van der Waals surface area contributed by atoms with Crippen LogP contribution < -0.4 is 27.8 Å². The molecule has 1 fully saturated rings. The van der Waals surface area contributed by atoms with Crippen molar-refractivity contribution in [2.75, 3.05) is 12.3 Å². The number of rotatable bonds is 7. The normalized spacial score (nSPS) is 19.7. The molecule has 1 aliphatic rings. The van der Waals surface area contributed by atoms with Gasteiger partial charge in [0.05, 0.1) is 0 Å². The van der Waals surface area contributed by atoms with Gasteiger partial charge in [-0.25, -0.2) is 0 Å². The lowest BCUT2D eigenvalue weighted by atomic mass is 9.98. The topological polar surface area (TPSA) is 166 Å². The zero-order valence-corrected chi connectivity index (χ0v) is 13.7. The molecule has 0 aliphatic carbocycles. The molecule has 9 heteroatoms. The first-order valence-electron chi connectivity index (χ1n) is 7.92. The van der Waals surface area contributed by atoms with Crippen LogP contribution in [0.2, 0.25) is 0 Å². The van der Waals surface area contributed by atoms with E-state index in [0.717, 1.165) is 0 Å². The molecule has 0 unspecified atom stereocenters. The standard InChI is InChI=1S/C16H22N6O3/c17-10-5-2-1-4-9(10)13(23)8-12-15(25)21-11(14(24)22-12)6-3-7-20-16(18)19/h1-2,4-5,11-12H,3,6-8,17H2,(H,21,25)(H,22,24)(H4,18,19,20)/t11-,12-/m0/s1. The van der Waals surface area contributed by atoms with E-state index in [0.29, 0.717) is 30.6 Å². The number of anilines is 1. The van der Waals surface area contributed by atoms with Crippen LogP contribution in [-0.2, 0) is 9.59 Å². The van der Waals surface area contributed by atoms with Gasteiger partial charge in [0, 0.05) is 24.2 Å². The third kappa shape index (κ3) is 4.93. The zero-order valence-electron chi connectivity index (χ0n) is 13.7. The highest BCUT2D eigenvalue weighted by Gasteiger charge is 2.34. The van der Waals surface area contributed by atoms with Crippen LogP contribution in [0.3, 0.4) is 0 Å². The molecule has 0 spiro atoms. The first-order chi connectivity index (χ1) is 11.9. The van der Waals surface area contributed by atoms with E-state index in [4.69, 9.17) is 17.2 Å². The quantitative estimate of drug-likeness (QED) is 0.138. The predicted molar refractivity (Wildman–Crippen MR) is 93.6 cm³/mol. The molecule has 2 atom stereocenters. The fourth-order valence-corrected chi connectivity index (χ4v) is 2.57. The third-order valence-electron chi connectivity index (χ3n) is 3.86. The van der Waals surface area contributed by atoms with E-state index < -0.39 is 18.0 Å². The Morgan fingerprint density at radius 1 is 1.08 bits per heavy atom. The number of hydrogen-bond donors (Lipinski definition) is 5. The summed E-state index contributed by atoms with van der Waals surface area (Å²) in [6.07, 6.45) is 0.799. The van der Waals surface area contributed by atoms with Crippen molar-refractivity contribution in [2.45, 2.75) is 31.3 Å². The number of ketones is 1. The minimum atomic E-state index is -0.909. The second kappa shape index (κ2) is 8.13. The van der Waals surface area contributed by atoms with Crippen LogP contribution >= 0.6 is 0 Å². The number of carbonyl (C=O) groups excluding carboxylic acids is 3. The van der Waals surface area contributed by atoms with Gasteiger partial charge < -0.3 is 27.8 Å². The molecule has 0 radical (unpaired) electrons. The largest absolute Gasteiger partial charge is 0.398 e. The summed E-state index contributed by atoms with van der Waals surface area (Å²) in [4.78, 5) is 40.4. The van der Waals surface area contributed by atoms with E-state index in [2.05, 4.69) is 15.6 Å². The lowest BCUT2D eigenvalue weighted by Crippen LogP contribution is -2.62. The lowest BCUT2D eigenvalue weighted by Gasteiger charge is -2.29. The molecule has 0 bridgehead atoms. The van der Waals surface area contributed by atoms with Crippen LogP contribution in [-0.4, -0.2) is 42.2 Å². The Labute approximate surface area is 145 Å². The number of nitrogens with one attached hydrogen (secondary N) is 2. The van der Waals surface area contributed by atoms with Gasteiger partial charge in [-0.2, -0.15) is 0 Å². The molecule has 134 valence electrons. The van der Waals surface area contributed by atoms with E-state index in [1.165, 1.54) is 0 Å². The second-order valence-corrected chi connectivity index (χ2v) is 5.79. The van der Waals surface area contributed by atoms with Crippen molar-refractivity contribution in [1.82, 2.24) is 10.6 Å². The van der Waals surface area contributed by atoms with Crippen LogP contribution in [0, 0.1) is 0 Å². The van der Waals surface area contributed by atoms with E-state index in [9.17, 15) is 14.4 Å². The lowest BCUT2D eigenvalue weighted by molar-refractivity contribution is -0.136. The Balaban J connectivity index is 1.90. The van der Waals surface area contributed by atoms with Gasteiger partial charge in [0.2, 0.25) is 11.8 Å². The second-order valence-electron chi connectivity index (χ2n) is 5.79. The summed E-state index contributed by atoms with van der Waals surface area (Å²) >= 11 is 0. The molecule has 1 aromatic carbocycles. The molecule has 0 aromatic heterocycles. The van der Waals surface area contributed by atoms with Crippen LogP contribution in [0.25, 0.3) is 0 Å². The minimum absolute atomic E-state index is 0.0177. The number of amides is 2. The number of Topliss-reactive ketones (excluding diaryl/α,β-unsaturated/α-hetero) is 1. The predicted octanol–water partition coefficient (Wildman–Crippen LogP) is -1.12. The minimum Gasteiger partial charge on any atom is -0.398 e. The maximum atomic E-state index is 12.3. The highest BCUT2D eigenvalue weighted by atomic mass is 16.2. The molecule has 1 aromatic rings. The average Bonchev–Trinajstić information content (AvgIpc) is 2.55. The number of nitrogens with two attached hydrogens (primary N) is 3. The fraction of sp³-hybridized carbons (Fsp3) is 0.375. The molecular formula is C16H22N6O3. The van der Waals surface area contributed by atoms with Gasteiger partial charge in [-0.15, -0.1) is 0 Å². The molecule has 1 saturated heterocycles. The number of nitrogen functional groups attached to an aromatic ring is 1. The molecule has 25 heavy (non-hydrogen) atoms. The number of piperazine rings is 1. The van der Waals surface area contributed by atoms with Crippen molar-refractivity contribution in [1.29, 1.82) is 0 Å². The molecule has 2 rings (SSSR count). The summed E-state index contributed by atoms with van der Waals surface area (Å²) in [6.45, 7) is 0.372. The number of nitrogens with zero attached hydrogens (tertiary/aromatic N) is 1. The average molecular weight is 346 g/mol. The van der Waals surface area contributed by atoms with E-state index in [-0.39, 0.29) is 24.1 Å². The van der Waals surface area contributed by atoms with Crippen LogP contribution in [0.5, 0.6) is 0 Å². The van der Waals surface area contributed by atoms with Crippen molar-refractivity contribution in [3.05, 3.63) is 29.8 Å². The summed E-state index contributed by atoms with van der Waals surface area (Å²) in [5.74, 6) is -1.04. The Morgan fingerprint density at radius 3 is 2.40 bits per heavy atom. The maximum Gasteiger partial charge on any atom is 0.243 e. The molecule has 2 amide bonds. The smallest absolute Gasteiger partial charge is 0.243 e. The first-order valence-corrected chi connectivity index (χ1v) is 7.92. The van der Waals surface area contributed by atoms with Gasteiger partial charge in [0.1, 0.15) is 12.1 Å². The Bertz CT molecular complexity index is 699. The third-order valence-corrected chi connectivity index (χ3v) is 3.86. The summed E-state index contributed by atoms with van der Waals surface area (Å²) in [5.41, 5.74) is 16.9. The van der Waals surface area contributed by atoms with Crippen LogP contribution in [0.15, 0.2) is 29.3 Å². The van der Waals surface area contributed by atoms with Crippen molar-refractivity contribution in [2.24, 2.45) is 16.5 Å². The van der Waals surface area contributed by atoms with Gasteiger partial charge in [0.15, 0.2) is 11.7 Å². The first kappa shape index (κ1) is 18.2. The van der Waals surface area contributed by atoms with Crippen LogP contribution in [0.1, 0.15) is 29.6 Å². The van der Waals surface area contributed by atoms with Crippen molar-refractivity contribution >= 4 is 29.2 Å². The monoisotopic (exact) mass is 346 g/mol. The van der Waals surface area contributed by atoms with Gasteiger partial charge in [-0.05, 0) is 25.0 Å². The number of benzene rings is 1. The van der Waals surface area contributed by atoms with E-state index in [1.807, 2.05) is 0 Å². The Kier molecular flexibility index (Phi) is 5.93. The molecule has 9 nitrogen and oxygen atoms in total.